The number of benzene rings is 2. The van der Waals surface area contributed by atoms with Gasteiger partial charge in [-0.15, -0.1) is 15.3 Å². The lowest BCUT2D eigenvalue weighted by Gasteiger charge is -2.10. The van der Waals surface area contributed by atoms with Crippen LogP contribution in [0.2, 0.25) is 0 Å². The maximum Gasteiger partial charge on any atom is 0.240 e. The first kappa shape index (κ1) is 24.2. The number of nitrogens with one attached hydrogen (secondary N) is 1. The van der Waals surface area contributed by atoms with Gasteiger partial charge in [-0.2, -0.15) is 4.52 Å². The lowest BCUT2D eigenvalue weighted by atomic mass is 10.2. The van der Waals surface area contributed by atoms with Gasteiger partial charge in [0, 0.05) is 18.2 Å². The third-order valence-electron chi connectivity index (χ3n) is 4.96. The van der Waals surface area contributed by atoms with E-state index >= 15 is 0 Å². The van der Waals surface area contributed by atoms with Crippen LogP contribution in [-0.2, 0) is 10.0 Å². The van der Waals surface area contributed by atoms with E-state index in [1.807, 2.05) is 0 Å². The quantitative estimate of drug-likeness (QED) is 0.324. The molecule has 184 valence electrons. The van der Waals surface area contributed by atoms with Gasteiger partial charge >= 0.3 is 0 Å². The molecule has 0 bridgehead atoms. The standard InChI is InChI=1S/C22H22FN5O6S/c1-31-17-7-5-15(13-16(17)23)35(29,30)24-10-11-34-21-9-8-20-25-26-22(28(20)27-21)14-4-6-18(32-2)19(12-14)33-3/h4-9,12-13,24H,10-11H2,1-3H3. The fraction of sp³-hybridized carbons (Fsp3) is 0.227. The van der Waals surface area contributed by atoms with E-state index in [0.717, 1.165) is 6.07 Å². The van der Waals surface area contributed by atoms with Crippen molar-refractivity contribution in [1.29, 1.82) is 0 Å². The molecular weight excluding hydrogens is 481 g/mol. The first-order valence-electron chi connectivity index (χ1n) is 10.3. The highest BCUT2D eigenvalue weighted by Gasteiger charge is 2.17. The minimum absolute atomic E-state index is 0.0236. The fourth-order valence-electron chi connectivity index (χ4n) is 3.23. The van der Waals surface area contributed by atoms with Crippen molar-refractivity contribution in [3.05, 3.63) is 54.3 Å². The number of sulfonamides is 1. The van der Waals surface area contributed by atoms with Crippen molar-refractivity contribution in [2.75, 3.05) is 34.5 Å². The van der Waals surface area contributed by atoms with Gasteiger partial charge in [-0.25, -0.2) is 17.5 Å². The molecule has 1 N–H and O–H groups in total. The molecule has 13 heteroatoms. The zero-order valence-corrected chi connectivity index (χ0v) is 19.9. The predicted octanol–water partition coefficient (Wildman–Crippen LogP) is 2.31. The van der Waals surface area contributed by atoms with E-state index in [4.69, 9.17) is 18.9 Å². The van der Waals surface area contributed by atoms with Gasteiger partial charge in [-0.1, -0.05) is 0 Å². The van der Waals surface area contributed by atoms with E-state index in [1.165, 1.54) is 30.9 Å². The molecule has 4 aromatic rings. The number of methoxy groups -OCH3 is 3. The molecule has 0 aliphatic rings. The summed E-state index contributed by atoms with van der Waals surface area (Å²) in [6, 6.07) is 11.9. The number of aromatic nitrogens is 4. The van der Waals surface area contributed by atoms with E-state index in [-0.39, 0.29) is 29.7 Å². The van der Waals surface area contributed by atoms with Gasteiger partial charge in [0.1, 0.15) is 6.61 Å². The minimum Gasteiger partial charge on any atom is -0.494 e. The normalized spacial score (nSPS) is 11.4. The number of hydrogen-bond acceptors (Lipinski definition) is 9. The fourth-order valence-corrected chi connectivity index (χ4v) is 4.26. The topological polar surface area (TPSA) is 126 Å². The average molecular weight is 504 g/mol. The second-order valence-electron chi connectivity index (χ2n) is 7.08. The molecule has 2 aromatic heterocycles. The second kappa shape index (κ2) is 10.1. The molecule has 0 radical (unpaired) electrons. The third-order valence-corrected chi connectivity index (χ3v) is 6.42. The molecule has 11 nitrogen and oxygen atoms in total. The highest BCUT2D eigenvalue weighted by molar-refractivity contribution is 7.89. The molecule has 0 aliphatic heterocycles. The molecule has 0 fully saturated rings. The van der Waals surface area contributed by atoms with Gasteiger partial charge in [0.25, 0.3) is 0 Å². The number of nitrogens with zero attached hydrogens (tertiary/aromatic N) is 4. The predicted molar refractivity (Wildman–Crippen MR) is 123 cm³/mol. The van der Waals surface area contributed by atoms with Crippen LogP contribution in [0.5, 0.6) is 23.1 Å². The Morgan fingerprint density at radius 1 is 0.914 bits per heavy atom. The molecule has 0 atom stereocenters. The summed E-state index contributed by atoms with van der Waals surface area (Å²) in [7, 11) is 0.441. The molecule has 0 saturated heterocycles. The monoisotopic (exact) mass is 503 g/mol. The summed E-state index contributed by atoms with van der Waals surface area (Å²) in [5.74, 6) is 0.959. The highest BCUT2D eigenvalue weighted by Crippen LogP contribution is 2.31. The molecular formula is C22H22FN5O6S. The molecule has 0 spiro atoms. The maximum absolute atomic E-state index is 13.9. The maximum atomic E-state index is 13.9. The van der Waals surface area contributed by atoms with Crippen LogP contribution in [0.3, 0.4) is 0 Å². The van der Waals surface area contributed by atoms with E-state index in [9.17, 15) is 12.8 Å². The van der Waals surface area contributed by atoms with Crippen molar-refractivity contribution in [1.82, 2.24) is 24.5 Å². The van der Waals surface area contributed by atoms with Gasteiger partial charge in [-0.05, 0) is 42.5 Å². The lowest BCUT2D eigenvalue weighted by molar-refractivity contribution is 0.306. The summed E-state index contributed by atoms with van der Waals surface area (Å²) in [4.78, 5) is -0.223. The van der Waals surface area contributed by atoms with Crippen LogP contribution in [0.15, 0.2) is 53.4 Å². The van der Waals surface area contributed by atoms with Crippen LogP contribution < -0.4 is 23.7 Å². The summed E-state index contributed by atoms with van der Waals surface area (Å²) in [6.45, 7) is -0.0927. The summed E-state index contributed by atoms with van der Waals surface area (Å²) in [5.41, 5.74) is 1.18. The number of halogens is 1. The molecule has 0 aliphatic carbocycles. The zero-order valence-electron chi connectivity index (χ0n) is 19.1. The Kier molecular flexibility index (Phi) is 6.98. The van der Waals surface area contributed by atoms with Gasteiger partial charge in [0.05, 0.1) is 26.2 Å². The smallest absolute Gasteiger partial charge is 0.240 e. The lowest BCUT2D eigenvalue weighted by Crippen LogP contribution is -2.28. The Hall–Kier alpha value is -3.97. The Bertz CT molecular complexity index is 1460. The summed E-state index contributed by atoms with van der Waals surface area (Å²) < 4.78 is 63.5. The van der Waals surface area contributed by atoms with Crippen molar-refractivity contribution in [3.8, 4) is 34.5 Å². The van der Waals surface area contributed by atoms with E-state index in [1.54, 1.807) is 37.4 Å². The first-order chi connectivity index (χ1) is 16.9. The molecule has 2 heterocycles. The molecule has 35 heavy (non-hydrogen) atoms. The molecule has 0 saturated carbocycles. The van der Waals surface area contributed by atoms with E-state index in [2.05, 4.69) is 20.0 Å². The van der Waals surface area contributed by atoms with E-state index in [0.29, 0.717) is 28.5 Å². The Labute approximate surface area is 200 Å². The van der Waals surface area contributed by atoms with Gasteiger partial charge in [0.2, 0.25) is 15.9 Å². The SMILES string of the molecule is COc1ccc(S(=O)(=O)NCCOc2ccc3nnc(-c4ccc(OC)c(OC)c4)n3n2)cc1F. The van der Waals surface area contributed by atoms with Crippen LogP contribution in [-0.4, -0.2) is 62.7 Å². The number of rotatable bonds is 10. The molecule has 2 aromatic carbocycles. The Morgan fingerprint density at radius 2 is 1.66 bits per heavy atom. The Morgan fingerprint density at radius 3 is 2.37 bits per heavy atom. The molecule has 0 amide bonds. The van der Waals surface area contributed by atoms with Crippen molar-refractivity contribution in [2.24, 2.45) is 0 Å². The number of hydrogen-bond donors (Lipinski definition) is 1. The van der Waals surface area contributed by atoms with Crippen LogP contribution in [0, 0.1) is 5.82 Å². The van der Waals surface area contributed by atoms with Crippen molar-refractivity contribution < 1.29 is 31.8 Å². The molecule has 4 rings (SSSR count). The minimum atomic E-state index is -3.94. The van der Waals surface area contributed by atoms with Crippen molar-refractivity contribution in [3.63, 3.8) is 0 Å². The summed E-state index contributed by atoms with van der Waals surface area (Å²) >= 11 is 0. The van der Waals surface area contributed by atoms with Crippen LogP contribution in [0.4, 0.5) is 4.39 Å². The zero-order chi connectivity index (χ0) is 25.0. The largest absolute Gasteiger partial charge is 0.494 e. The number of fused-ring (bicyclic) bond motifs is 1. The Balaban J connectivity index is 1.45. The van der Waals surface area contributed by atoms with Crippen LogP contribution >= 0.6 is 0 Å². The van der Waals surface area contributed by atoms with Gasteiger partial charge in [0.15, 0.2) is 34.5 Å². The van der Waals surface area contributed by atoms with Crippen LogP contribution in [0.25, 0.3) is 17.0 Å². The van der Waals surface area contributed by atoms with Crippen LogP contribution in [0.1, 0.15) is 0 Å². The number of ether oxygens (including phenoxy) is 4. The van der Waals surface area contributed by atoms with Gasteiger partial charge in [-0.3, -0.25) is 0 Å². The summed E-state index contributed by atoms with van der Waals surface area (Å²) in [5, 5.41) is 12.7. The first-order valence-corrected chi connectivity index (χ1v) is 11.8. The van der Waals surface area contributed by atoms with Crippen molar-refractivity contribution in [2.45, 2.75) is 4.90 Å². The van der Waals surface area contributed by atoms with Gasteiger partial charge < -0.3 is 18.9 Å². The molecule has 0 unspecified atom stereocenters. The van der Waals surface area contributed by atoms with E-state index < -0.39 is 15.8 Å². The highest BCUT2D eigenvalue weighted by atomic mass is 32.2. The average Bonchev–Trinajstić information content (AvgIpc) is 3.29. The van der Waals surface area contributed by atoms with Crippen molar-refractivity contribution >= 4 is 15.7 Å². The second-order valence-corrected chi connectivity index (χ2v) is 8.84. The summed E-state index contributed by atoms with van der Waals surface area (Å²) in [6.07, 6.45) is 0. The third kappa shape index (κ3) is 5.10.